The summed E-state index contributed by atoms with van der Waals surface area (Å²) < 4.78 is 11.7. The largest absolute Gasteiger partial charge is 0.471 e. The molecule has 1 aromatic carbocycles. The lowest BCUT2D eigenvalue weighted by atomic mass is 9.96. The van der Waals surface area contributed by atoms with Crippen LogP contribution in [-0.4, -0.2) is 46.8 Å². The highest BCUT2D eigenvalue weighted by Crippen LogP contribution is 2.29. The molecule has 130 valence electrons. The lowest BCUT2D eigenvalue weighted by Gasteiger charge is -2.36. The van der Waals surface area contributed by atoms with Crippen molar-refractivity contribution in [2.45, 2.75) is 31.5 Å². The van der Waals surface area contributed by atoms with Crippen LogP contribution in [0.5, 0.6) is 5.88 Å². The maximum Gasteiger partial charge on any atom is 0.256 e. The maximum atomic E-state index is 13.0. The Bertz CT molecular complexity index is 738. The molecule has 0 aliphatic carbocycles. The van der Waals surface area contributed by atoms with E-state index in [4.69, 9.17) is 9.47 Å². The van der Waals surface area contributed by atoms with Gasteiger partial charge in [0.2, 0.25) is 5.88 Å². The fourth-order valence-corrected chi connectivity index (χ4v) is 3.52. The number of carbonyl (C=O) groups excluding carboxylic acids is 1. The molecule has 0 bridgehead atoms. The molecule has 0 saturated carbocycles. The Morgan fingerprint density at radius 1 is 1.24 bits per heavy atom. The van der Waals surface area contributed by atoms with Crippen LogP contribution in [0.2, 0.25) is 0 Å². The minimum atomic E-state index is -0.500. The molecule has 3 heterocycles. The van der Waals surface area contributed by atoms with Crippen molar-refractivity contribution < 1.29 is 14.3 Å². The second-order valence-electron chi connectivity index (χ2n) is 6.43. The number of likely N-dealkylation sites (tertiary alicyclic amines) is 1. The molecule has 1 saturated heterocycles. The maximum absolute atomic E-state index is 13.0. The summed E-state index contributed by atoms with van der Waals surface area (Å²) in [6, 6.07) is 11.6. The first-order valence-electron chi connectivity index (χ1n) is 8.74. The summed E-state index contributed by atoms with van der Waals surface area (Å²) in [7, 11) is 0. The van der Waals surface area contributed by atoms with Crippen LogP contribution in [-0.2, 0) is 16.0 Å². The second-order valence-corrected chi connectivity index (χ2v) is 6.43. The van der Waals surface area contributed by atoms with Crippen LogP contribution in [0.15, 0.2) is 42.6 Å². The Labute approximate surface area is 146 Å². The third-order valence-corrected chi connectivity index (χ3v) is 4.74. The Balaban J connectivity index is 1.46. The Kier molecular flexibility index (Phi) is 4.61. The summed E-state index contributed by atoms with van der Waals surface area (Å²) in [6.45, 7) is 1.87. The SMILES string of the molecule is O=C([C@@H]1OCCc2ccccc21)N1CCC[C@@H](Oc2cccnn2)C1. The van der Waals surface area contributed by atoms with Gasteiger partial charge in [-0.15, -0.1) is 5.10 Å². The van der Waals surface area contributed by atoms with Gasteiger partial charge in [0.05, 0.1) is 13.2 Å². The zero-order valence-corrected chi connectivity index (χ0v) is 14.0. The van der Waals surface area contributed by atoms with Gasteiger partial charge in [-0.3, -0.25) is 4.79 Å². The van der Waals surface area contributed by atoms with Crippen LogP contribution in [0.3, 0.4) is 0 Å². The molecule has 2 atom stereocenters. The number of aromatic nitrogens is 2. The number of ether oxygens (including phenoxy) is 2. The lowest BCUT2D eigenvalue weighted by molar-refractivity contribution is -0.147. The highest BCUT2D eigenvalue weighted by Gasteiger charge is 2.33. The summed E-state index contributed by atoms with van der Waals surface area (Å²) >= 11 is 0. The summed E-state index contributed by atoms with van der Waals surface area (Å²) in [5, 5.41) is 7.79. The van der Waals surface area contributed by atoms with E-state index in [1.54, 1.807) is 18.3 Å². The zero-order chi connectivity index (χ0) is 17.1. The fourth-order valence-electron chi connectivity index (χ4n) is 3.52. The minimum Gasteiger partial charge on any atom is -0.471 e. The normalized spacial score (nSPS) is 23.0. The third kappa shape index (κ3) is 3.49. The van der Waals surface area contributed by atoms with Gasteiger partial charge in [0.15, 0.2) is 6.10 Å². The molecular formula is C19H21N3O3. The van der Waals surface area contributed by atoms with Crippen LogP contribution in [0.25, 0.3) is 0 Å². The number of rotatable bonds is 3. The number of hydrogen-bond acceptors (Lipinski definition) is 5. The molecular weight excluding hydrogens is 318 g/mol. The van der Waals surface area contributed by atoms with Gasteiger partial charge in [-0.05, 0) is 36.5 Å². The summed E-state index contributed by atoms with van der Waals surface area (Å²) in [5.41, 5.74) is 2.20. The number of carbonyl (C=O) groups is 1. The quantitative estimate of drug-likeness (QED) is 0.857. The van der Waals surface area contributed by atoms with Crippen molar-refractivity contribution in [3.8, 4) is 5.88 Å². The molecule has 2 aliphatic heterocycles. The van der Waals surface area contributed by atoms with Gasteiger partial charge in [0.1, 0.15) is 6.10 Å². The van der Waals surface area contributed by atoms with E-state index in [1.807, 2.05) is 23.1 Å². The standard InChI is InChI=1S/C19H21N3O3/c23-19(18-16-7-2-1-5-14(16)9-12-24-18)22-11-4-6-15(13-22)25-17-8-3-10-20-21-17/h1-3,5,7-8,10,15,18H,4,6,9,11-13H2/t15-,18-/m1/s1. The van der Waals surface area contributed by atoms with Crippen LogP contribution in [0, 0.1) is 0 Å². The Morgan fingerprint density at radius 3 is 3.04 bits per heavy atom. The molecule has 4 rings (SSSR count). The van der Waals surface area contributed by atoms with Crippen molar-refractivity contribution >= 4 is 5.91 Å². The number of fused-ring (bicyclic) bond motifs is 1. The van der Waals surface area contributed by atoms with Gasteiger partial charge < -0.3 is 14.4 Å². The van der Waals surface area contributed by atoms with Gasteiger partial charge in [-0.25, -0.2) is 0 Å². The molecule has 6 nitrogen and oxygen atoms in total. The van der Waals surface area contributed by atoms with E-state index >= 15 is 0 Å². The number of amides is 1. The van der Waals surface area contributed by atoms with Crippen molar-refractivity contribution in [2.24, 2.45) is 0 Å². The van der Waals surface area contributed by atoms with Crippen molar-refractivity contribution in [1.82, 2.24) is 15.1 Å². The number of hydrogen-bond donors (Lipinski definition) is 0. The summed E-state index contributed by atoms with van der Waals surface area (Å²) in [5.74, 6) is 0.528. The molecule has 6 heteroatoms. The molecule has 2 aromatic rings. The molecule has 0 N–H and O–H groups in total. The fraction of sp³-hybridized carbons (Fsp3) is 0.421. The third-order valence-electron chi connectivity index (χ3n) is 4.74. The average Bonchev–Trinajstić information content (AvgIpc) is 2.68. The van der Waals surface area contributed by atoms with Gasteiger partial charge in [0.25, 0.3) is 5.91 Å². The highest BCUT2D eigenvalue weighted by molar-refractivity contribution is 5.83. The minimum absolute atomic E-state index is 0.0274. The van der Waals surface area contributed by atoms with Gasteiger partial charge in [-0.2, -0.15) is 5.10 Å². The van der Waals surface area contributed by atoms with Gasteiger partial charge >= 0.3 is 0 Å². The first-order valence-corrected chi connectivity index (χ1v) is 8.74. The van der Waals surface area contributed by atoms with E-state index in [2.05, 4.69) is 16.3 Å². The van der Waals surface area contributed by atoms with E-state index in [0.29, 0.717) is 19.0 Å². The zero-order valence-electron chi connectivity index (χ0n) is 14.0. The number of benzene rings is 1. The second kappa shape index (κ2) is 7.19. The predicted molar refractivity (Wildman–Crippen MR) is 91.1 cm³/mol. The molecule has 1 aromatic heterocycles. The van der Waals surface area contributed by atoms with Crippen LogP contribution in [0.4, 0.5) is 0 Å². The number of piperidine rings is 1. The first-order chi connectivity index (χ1) is 12.3. The van der Waals surface area contributed by atoms with Crippen molar-refractivity contribution in [2.75, 3.05) is 19.7 Å². The van der Waals surface area contributed by atoms with Gasteiger partial charge in [0, 0.05) is 18.8 Å². The van der Waals surface area contributed by atoms with E-state index in [9.17, 15) is 4.79 Å². The van der Waals surface area contributed by atoms with E-state index < -0.39 is 6.10 Å². The smallest absolute Gasteiger partial charge is 0.256 e. The Hall–Kier alpha value is -2.47. The van der Waals surface area contributed by atoms with Crippen LogP contribution >= 0.6 is 0 Å². The topological polar surface area (TPSA) is 64.5 Å². The van der Waals surface area contributed by atoms with Crippen LogP contribution in [0.1, 0.15) is 30.1 Å². The van der Waals surface area contributed by atoms with Crippen molar-refractivity contribution in [3.05, 3.63) is 53.7 Å². The van der Waals surface area contributed by atoms with E-state index in [1.165, 1.54) is 5.56 Å². The monoisotopic (exact) mass is 339 g/mol. The molecule has 2 aliphatic rings. The molecule has 0 radical (unpaired) electrons. The molecule has 0 spiro atoms. The predicted octanol–water partition coefficient (Wildman–Crippen LogP) is 2.16. The molecule has 1 fully saturated rings. The number of nitrogens with zero attached hydrogens (tertiary/aromatic N) is 3. The summed E-state index contributed by atoms with van der Waals surface area (Å²) in [4.78, 5) is 14.9. The van der Waals surface area contributed by atoms with E-state index in [0.717, 1.165) is 31.4 Å². The van der Waals surface area contributed by atoms with Gasteiger partial charge in [-0.1, -0.05) is 24.3 Å². The van der Waals surface area contributed by atoms with Crippen molar-refractivity contribution in [1.29, 1.82) is 0 Å². The molecule has 1 amide bonds. The van der Waals surface area contributed by atoms with Crippen molar-refractivity contribution in [3.63, 3.8) is 0 Å². The summed E-state index contributed by atoms with van der Waals surface area (Å²) in [6.07, 6.45) is 3.72. The van der Waals surface area contributed by atoms with Crippen LogP contribution < -0.4 is 4.74 Å². The first kappa shape index (κ1) is 16.0. The average molecular weight is 339 g/mol. The highest BCUT2D eigenvalue weighted by atomic mass is 16.5. The molecule has 25 heavy (non-hydrogen) atoms. The lowest BCUT2D eigenvalue weighted by Crippen LogP contribution is -2.47. The van der Waals surface area contributed by atoms with E-state index in [-0.39, 0.29) is 12.0 Å². The molecule has 0 unspecified atom stereocenters. The Morgan fingerprint density at radius 2 is 2.16 bits per heavy atom.